The molecule has 0 saturated carbocycles. The number of halogens is 1. The quantitative estimate of drug-likeness (QED) is 0.407. The van der Waals surface area contributed by atoms with Crippen molar-refractivity contribution in [2.45, 2.75) is 19.4 Å². The third-order valence-corrected chi connectivity index (χ3v) is 4.20. The number of esters is 1. The van der Waals surface area contributed by atoms with Crippen LogP contribution in [0.4, 0.5) is 5.69 Å². The van der Waals surface area contributed by atoms with Crippen LogP contribution in [0.1, 0.15) is 35.3 Å². The number of hydrogen-bond donors (Lipinski definition) is 1. The van der Waals surface area contributed by atoms with E-state index in [1.807, 2.05) is 0 Å². The molecule has 2 aromatic carbocycles. The topological polar surface area (TPSA) is 108 Å². The van der Waals surface area contributed by atoms with E-state index in [0.717, 1.165) is 6.07 Å². The van der Waals surface area contributed by atoms with Crippen LogP contribution in [-0.2, 0) is 9.53 Å². The van der Waals surface area contributed by atoms with Gasteiger partial charge < -0.3 is 14.8 Å². The summed E-state index contributed by atoms with van der Waals surface area (Å²) in [5.74, 6) is -0.516. The molecule has 1 amide bonds. The van der Waals surface area contributed by atoms with E-state index in [9.17, 15) is 19.7 Å². The zero-order valence-electron chi connectivity index (χ0n) is 15.3. The molecule has 0 aliphatic heterocycles. The number of hydrogen-bond acceptors (Lipinski definition) is 6. The minimum Gasteiger partial charge on any atom is -0.497 e. The molecule has 9 heteroatoms. The smallest absolute Gasteiger partial charge is 0.308 e. The van der Waals surface area contributed by atoms with E-state index in [2.05, 4.69) is 5.32 Å². The summed E-state index contributed by atoms with van der Waals surface area (Å²) in [6, 6.07) is 9.91. The van der Waals surface area contributed by atoms with Crippen LogP contribution < -0.4 is 10.1 Å². The van der Waals surface area contributed by atoms with Gasteiger partial charge in [0.05, 0.1) is 31.1 Å². The Hall–Kier alpha value is -3.13. The average molecular weight is 407 g/mol. The second-order valence-electron chi connectivity index (χ2n) is 5.74. The third-order valence-electron chi connectivity index (χ3n) is 3.88. The minimum atomic E-state index is -0.712. The number of nitrogens with one attached hydrogen (secondary N) is 1. The van der Waals surface area contributed by atoms with Gasteiger partial charge in [-0.05, 0) is 36.8 Å². The summed E-state index contributed by atoms with van der Waals surface area (Å²) in [6.45, 7) is 1.89. The Labute approximate surface area is 166 Å². The standard InChI is InChI=1S/C19H19ClN2O6/c1-3-28-18(23)11-16(12-5-4-6-14(9-12)27-2)21-19(24)13-7-8-15(20)17(10-13)22(25)26/h4-10,16H,3,11H2,1-2H3,(H,21,24)/t16-/m0/s1. The van der Waals surface area contributed by atoms with E-state index in [-0.39, 0.29) is 29.3 Å². The Morgan fingerprint density at radius 3 is 2.64 bits per heavy atom. The van der Waals surface area contributed by atoms with Gasteiger partial charge >= 0.3 is 5.97 Å². The summed E-state index contributed by atoms with van der Waals surface area (Å²) in [5, 5.41) is 13.7. The molecule has 0 unspecified atom stereocenters. The molecule has 0 radical (unpaired) electrons. The first kappa shape index (κ1) is 21.2. The molecule has 0 saturated heterocycles. The van der Waals surface area contributed by atoms with Gasteiger partial charge in [-0.15, -0.1) is 0 Å². The number of nitro benzene ring substituents is 1. The second-order valence-corrected chi connectivity index (χ2v) is 6.14. The molecule has 28 heavy (non-hydrogen) atoms. The van der Waals surface area contributed by atoms with Crippen LogP contribution in [0.3, 0.4) is 0 Å². The summed E-state index contributed by atoms with van der Waals surface area (Å²) in [6.07, 6.45) is -0.109. The van der Waals surface area contributed by atoms with Crippen molar-refractivity contribution >= 4 is 29.2 Å². The van der Waals surface area contributed by atoms with Crippen LogP contribution in [0.15, 0.2) is 42.5 Å². The fraction of sp³-hybridized carbons (Fsp3) is 0.263. The molecule has 0 fully saturated rings. The number of nitro groups is 1. The molecular formula is C19H19ClN2O6. The molecule has 2 rings (SSSR count). The van der Waals surface area contributed by atoms with E-state index >= 15 is 0 Å². The molecule has 148 valence electrons. The van der Waals surface area contributed by atoms with Crippen LogP contribution in [0.5, 0.6) is 5.75 Å². The molecule has 0 heterocycles. The van der Waals surface area contributed by atoms with Crippen molar-refractivity contribution in [3.63, 3.8) is 0 Å². The predicted octanol–water partition coefficient (Wildman–Crippen LogP) is 3.68. The highest BCUT2D eigenvalue weighted by atomic mass is 35.5. The normalized spacial score (nSPS) is 11.4. The van der Waals surface area contributed by atoms with Gasteiger partial charge in [0, 0.05) is 11.6 Å². The van der Waals surface area contributed by atoms with Crippen LogP contribution >= 0.6 is 11.6 Å². The zero-order chi connectivity index (χ0) is 20.7. The van der Waals surface area contributed by atoms with E-state index in [1.54, 1.807) is 31.2 Å². The van der Waals surface area contributed by atoms with Crippen molar-refractivity contribution in [2.75, 3.05) is 13.7 Å². The summed E-state index contributed by atoms with van der Waals surface area (Å²) in [4.78, 5) is 35.0. The third kappa shape index (κ3) is 5.43. The molecule has 8 nitrogen and oxygen atoms in total. The molecule has 0 bridgehead atoms. The van der Waals surface area contributed by atoms with E-state index in [4.69, 9.17) is 21.1 Å². The van der Waals surface area contributed by atoms with E-state index in [0.29, 0.717) is 11.3 Å². The highest BCUT2D eigenvalue weighted by molar-refractivity contribution is 6.32. The van der Waals surface area contributed by atoms with Crippen molar-refractivity contribution in [1.82, 2.24) is 5.32 Å². The first-order valence-electron chi connectivity index (χ1n) is 8.40. The number of amides is 1. The molecule has 0 aliphatic carbocycles. The molecule has 2 aromatic rings. The van der Waals surface area contributed by atoms with Crippen LogP contribution in [-0.4, -0.2) is 30.5 Å². The minimum absolute atomic E-state index is 0.0489. The summed E-state index contributed by atoms with van der Waals surface area (Å²) >= 11 is 5.79. The summed E-state index contributed by atoms with van der Waals surface area (Å²) in [7, 11) is 1.50. The molecule has 1 N–H and O–H groups in total. The Kier molecular flexibility index (Phi) is 7.34. The predicted molar refractivity (Wildman–Crippen MR) is 103 cm³/mol. The number of carbonyl (C=O) groups excluding carboxylic acids is 2. The van der Waals surface area contributed by atoms with Gasteiger partial charge in [0.25, 0.3) is 11.6 Å². The zero-order valence-corrected chi connectivity index (χ0v) is 16.1. The van der Waals surface area contributed by atoms with Gasteiger partial charge in [-0.25, -0.2) is 0 Å². The Morgan fingerprint density at radius 1 is 1.25 bits per heavy atom. The van der Waals surface area contributed by atoms with Crippen LogP contribution in [0, 0.1) is 10.1 Å². The molecule has 0 aliphatic rings. The van der Waals surface area contributed by atoms with Gasteiger partial charge in [-0.3, -0.25) is 19.7 Å². The summed E-state index contributed by atoms with van der Waals surface area (Å²) in [5.41, 5.74) is 0.301. The lowest BCUT2D eigenvalue weighted by Crippen LogP contribution is -2.30. The van der Waals surface area contributed by atoms with E-state index in [1.165, 1.54) is 19.2 Å². The van der Waals surface area contributed by atoms with Crippen molar-refractivity contribution in [2.24, 2.45) is 0 Å². The van der Waals surface area contributed by atoms with Crippen molar-refractivity contribution in [3.8, 4) is 5.75 Å². The van der Waals surface area contributed by atoms with Crippen LogP contribution in [0.25, 0.3) is 0 Å². The Bertz CT molecular complexity index is 886. The van der Waals surface area contributed by atoms with E-state index < -0.39 is 22.8 Å². The molecule has 0 aromatic heterocycles. The van der Waals surface area contributed by atoms with Crippen molar-refractivity contribution < 1.29 is 24.0 Å². The van der Waals surface area contributed by atoms with Gasteiger partial charge in [0.15, 0.2) is 0 Å². The lowest BCUT2D eigenvalue weighted by atomic mass is 10.0. The number of carbonyl (C=O) groups is 2. The lowest BCUT2D eigenvalue weighted by Gasteiger charge is -2.19. The Morgan fingerprint density at radius 2 is 2.00 bits per heavy atom. The second kappa shape index (κ2) is 9.70. The molecule has 0 spiro atoms. The largest absolute Gasteiger partial charge is 0.497 e. The fourth-order valence-electron chi connectivity index (χ4n) is 2.53. The number of nitrogens with zero attached hydrogens (tertiary/aromatic N) is 1. The maximum absolute atomic E-state index is 12.6. The highest BCUT2D eigenvalue weighted by Gasteiger charge is 2.22. The number of ether oxygens (including phenoxy) is 2. The average Bonchev–Trinajstić information content (AvgIpc) is 2.67. The molecular weight excluding hydrogens is 388 g/mol. The SMILES string of the molecule is CCOC(=O)C[C@H](NC(=O)c1ccc(Cl)c([N+](=O)[O-])c1)c1cccc(OC)c1. The van der Waals surface area contributed by atoms with Crippen molar-refractivity contribution in [1.29, 1.82) is 0 Å². The van der Waals surface area contributed by atoms with Gasteiger partial charge in [0.2, 0.25) is 0 Å². The molecule has 1 atom stereocenters. The monoisotopic (exact) mass is 406 g/mol. The maximum atomic E-state index is 12.6. The first-order chi connectivity index (χ1) is 13.3. The van der Waals surface area contributed by atoms with Crippen LogP contribution in [0.2, 0.25) is 5.02 Å². The van der Waals surface area contributed by atoms with Crippen molar-refractivity contribution in [3.05, 3.63) is 68.7 Å². The number of benzene rings is 2. The maximum Gasteiger partial charge on any atom is 0.308 e. The van der Waals surface area contributed by atoms with Gasteiger partial charge in [0.1, 0.15) is 10.8 Å². The van der Waals surface area contributed by atoms with Gasteiger partial charge in [-0.2, -0.15) is 0 Å². The summed E-state index contributed by atoms with van der Waals surface area (Å²) < 4.78 is 10.2. The fourth-order valence-corrected chi connectivity index (χ4v) is 2.72. The van der Waals surface area contributed by atoms with Gasteiger partial charge in [-0.1, -0.05) is 23.7 Å². The Balaban J connectivity index is 2.30. The highest BCUT2D eigenvalue weighted by Crippen LogP contribution is 2.26. The first-order valence-corrected chi connectivity index (χ1v) is 8.77. The lowest BCUT2D eigenvalue weighted by molar-refractivity contribution is -0.384. The number of methoxy groups -OCH3 is 1. The number of rotatable bonds is 8.